The predicted molar refractivity (Wildman–Crippen MR) is 68.8 cm³/mol. The summed E-state index contributed by atoms with van der Waals surface area (Å²) in [5.41, 5.74) is 3.39. The van der Waals surface area contributed by atoms with Crippen molar-refractivity contribution in [3.63, 3.8) is 0 Å². The van der Waals surface area contributed by atoms with Gasteiger partial charge in [-0.2, -0.15) is 5.10 Å². The largest absolute Gasteiger partial charge is 0.378 e. The van der Waals surface area contributed by atoms with E-state index >= 15 is 0 Å². The van der Waals surface area contributed by atoms with Gasteiger partial charge in [0.05, 0.1) is 23.9 Å². The molecular weight excluding hydrogens is 212 g/mol. The number of aromatic nitrogens is 3. The van der Waals surface area contributed by atoms with Crippen LogP contribution in [0.5, 0.6) is 0 Å². The summed E-state index contributed by atoms with van der Waals surface area (Å²) in [4.78, 5) is 0. The van der Waals surface area contributed by atoms with Crippen molar-refractivity contribution in [3.8, 4) is 0 Å². The molecule has 0 radical (unpaired) electrons. The van der Waals surface area contributed by atoms with Gasteiger partial charge in [0.25, 0.3) is 0 Å². The molecule has 0 saturated carbocycles. The summed E-state index contributed by atoms with van der Waals surface area (Å²) in [6.45, 7) is 0.807. The number of rotatable bonds is 3. The Hall–Kier alpha value is -2.23. The zero-order chi connectivity index (χ0) is 11.7. The van der Waals surface area contributed by atoms with Gasteiger partial charge in [0.1, 0.15) is 0 Å². The highest BCUT2D eigenvalue weighted by Gasteiger charge is 2.02. The minimum Gasteiger partial charge on any atom is -0.378 e. The summed E-state index contributed by atoms with van der Waals surface area (Å²) in [6, 6.07) is 10.3. The molecule has 0 spiro atoms. The van der Waals surface area contributed by atoms with Gasteiger partial charge in [-0.05, 0) is 18.2 Å². The fourth-order valence-corrected chi connectivity index (χ4v) is 1.98. The normalized spacial score (nSPS) is 10.9. The highest BCUT2D eigenvalue weighted by atomic mass is 15.1. The maximum atomic E-state index is 4.05. The summed E-state index contributed by atoms with van der Waals surface area (Å²) < 4.78 is 2.11. The van der Waals surface area contributed by atoms with Gasteiger partial charge in [0.2, 0.25) is 0 Å². The van der Waals surface area contributed by atoms with Crippen molar-refractivity contribution in [2.75, 3.05) is 5.32 Å². The van der Waals surface area contributed by atoms with Gasteiger partial charge in [-0.3, -0.25) is 5.10 Å². The molecule has 3 aromatic rings. The maximum absolute atomic E-state index is 4.05. The van der Waals surface area contributed by atoms with Crippen molar-refractivity contribution in [2.24, 2.45) is 7.05 Å². The first kappa shape index (κ1) is 9.96. The van der Waals surface area contributed by atoms with E-state index < -0.39 is 0 Å². The number of nitrogens with zero attached hydrogens (tertiary/aromatic N) is 2. The monoisotopic (exact) mass is 226 g/mol. The average molecular weight is 226 g/mol. The Morgan fingerprint density at radius 3 is 3.06 bits per heavy atom. The molecule has 17 heavy (non-hydrogen) atoms. The van der Waals surface area contributed by atoms with Gasteiger partial charge in [0.15, 0.2) is 0 Å². The maximum Gasteiger partial charge on any atom is 0.0881 e. The first-order chi connectivity index (χ1) is 8.34. The van der Waals surface area contributed by atoms with Crippen LogP contribution in [-0.4, -0.2) is 14.8 Å². The number of hydrogen-bond acceptors (Lipinski definition) is 2. The Labute approximate surface area is 99.3 Å². The third-order valence-corrected chi connectivity index (χ3v) is 2.99. The molecular formula is C13H14N4. The number of nitrogens with one attached hydrogen (secondary N) is 2. The lowest BCUT2D eigenvalue weighted by Crippen LogP contribution is -2.04. The van der Waals surface area contributed by atoms with Crippen LogP contribution in [0.15, 0.2) is 42.7 Å². The van der Waals surface area contributed by atoms with Gasteiger partial charge in [0, 0.05) is 24.3 Å². The van der Waals surface area contributed by atoms with Crippen LogP contribution in [-0.2, 0) is 13.6 Å². The van der Waals surface area contributed by atoms with Gasteiger partial charge in [-0.25, -0.2) is 0 Å². The summed E-state index contributed by atoms with van der Waals surface area (Å²) in [7, 11) is 2.05. The van der Waals surface area contributed by atoms with Gasteiger partial charge >= 0.3 is 0 Å². The van der Waals surface area contributed by atoms with Crippen LogP contribution in [0.2, 0.25) is 0 Å². The van der Waals surface area contributed by atoms with Crippen LogP contribution in [0.1, 0.15) is 5.69 Å². The van der Waals surface area contributed by atoms with Gasteiger partial charge < -0.3 is 9.88 Å². The van der Waals surface area contributed by atoms with Crippen molar-refractivity contribution in [1.82, 2.24) is 14.8 Å². The molecule has 4 nitrogen and oxygen atoms in total. The molecule has 0 fully saturated rings. The highest BCUT2D eigenvalue weighted by molar-refractivity contribution is 5.89. The molecule has 3 rings (SSSR count). The number of aryl methyl sites for hydroxylation is 1. The second kappa shape index (κ2) is 3.97. The smallest absolute Gasteiger partial charge is 0.0881 e. The molecule has 2 N–H and O–H groups in total. The van der Waals surface area contributed by atoms with Crippen LogP contribution < -0.4 is 5.32 Å². The molecule has 86 valence electrons. The third kappa shape index (κ3) is 1.78. The van der Waals surface area contributed by atoms with Crippen LogP contribution in [0, 0.1) is 0 Å². The second-order valence-corrected chi connectivity index (χ2v) is 4.10. The quantitative estimate of drug-likeness (QED) is 0.720. The zero-order valence-corrected chi connectivity index (χ0v) is 9.64. The molecule has 2 heterocycles. The van der Waals surface area contributed by atoms with E-state index in [-0.39, 0.29) is 0 Å². The number of para-hydroxylation sites is 1. The fourth-order valence-electron chi connectivity index (χ4n) is 1.98. The lowest BCUT2D eigenvalue weighted by atomic mass is 10.2. The van der Waals surface area contributed by atoms with Crippen molar-refractivity contribution in [2.45, 2.75) is 6.54 Å². The SMILES string of the molecule is Cn1cccc1CNc1cccc2cn[nH]c12. The molecule has 4 heteroatoms. The number of fused-ring (bicyclic) bond motifs is 1. The van der Waals surface area contributed by atoms with Gasteiger partial charge in [-0.1, -0.05) is 12.1 Å². The van der Waals surface area contributed by atoms with E-state index in [9.17, 15) is 0 Å². The fraction of sp³-hybridized carbons (Fsp3) is 0.154. The second-order valence-electron chi connectivity index (χ2n) is 4.10. The van der Waals surface area contributed by atoms with E-state index in [2.05, 4.69) is 32.2 Å². The molecule has 0 unspecified atom stereocenters. The number of H-pyrrole nitrogens is 1. The van der Waals surface area contributed by atoms with Crippen molar-refractivity contribution < 1.29 is 0 Å². The van der Waals surface area contributed by atoms with E-state index in [0.29, 0.717) is 0 Å². The van der Waals surface area contributed by atoms with Crippen molar-refractivity contribution in [3.05, 3.63) is 48.4 Å². The van der Waals surface area contributed by atoms with E-state index in [1.807, 2.05) is 37.6 Å². The number of benzene rings is 1. The lowest BCUT2D eigenvalue weighted by molar-refractivity contribution is 0.842. The number of aromatic amines is 1. The Balaban J connectivity index is 1.86. The molecule has 0 aliphatic heterocycles. The highest BCUT2D eigenvalue weighted by Crippen LogP contribution is 2.20. The van der Waals surface area contributed by atoms with Crippen molar-refractivity contribution in [1.29, 1.82) is 0 Å². The summed E-state index contributed by atoms with van der Waals surface area (Å²) >= 11 is 0. The Bertz CT molecular complexity index is 635. The molecule has 0 amide bonds. The summed E-state index contributed by atoms with van der Waals surface area (Å²) in [6.07, 6.45) is 3.89. The Kier molecular flexibility index (Phi) is 2.33. The number of hydrogen-bond donors (Lipinski definition) is 2. The first-order valence-electron chi connectivity index (χ1n) is 5.61. The third-order valence-electron chi connectivity index (χ3n) is 2.99. The molecule has 0 aliphatic rings. The summed E-state index contributed by atoms with van der Waals surface area (Å²) in [5.74, 6) is 0. The predicted octanol–water partition coefficient (Wildman–Crippen LogP) is 2.51. The Morgan fingerprint density at radius 1 is 1.29 bits per heavy atom. The molecule has 2 aromatic heterocycles. The molecule has 0 bridgehead atoms. The standard InChI is InChI=1S/C13H14N4/c1-17-7-3-5-11(17)9-14-12-6-2-4-10-8-15-16-13(10)12/h2-8,14H,9H2,1H3,(H,15,16). The van der Waals surface area contributed by atoms with E-state index in [1.54, 1.807) is 0 Å². The van der Waals surface area contributed by atoms with E-state index in [0.717, 1.165) is 23.1 Å². The number of anilines is 1. The minimum atomic E-state index is 0.807. The molecule has 0 aliphatic carbocycles. The minimum absolute atomic E-state index is 0.807. The molecule has 0 atom stereocenters. The lowest BCUT2D eigenvalue weighted by Gasteiger charge is -2.08. The van der Waals surface area contributed by atoms with Crippen LogP contribution in [0.3, 0.4) is 0 Å². The topological polar surface area (TPSA) is 45.6 Å². The van der Waals surface area contributed by atoms with Gasteiger partial charge in [-0.15, -0.1) is 0 Å². The average Bonchev–Trinajstić information content (AvgIpc) is 2.95. The van der Waals surface area contributed by atoms with Crippen LogP contribution >= 0.6 is 0 Å². The van der Waals surface area contributed by atoms with E-state index in [4.69, 9.17) is 0 Å². The molecule has 0 saturated heterocycles. The Morgan fingerprint density at radius 2 is 2.24 bits per heavy atom. The van der Waals surface area contributed by atoms with Crippen LogP contribution in [0.25, 0.3) is 10.9 Å². The molecule has 1 aromatic carbocycles. The summed E-state index contributed by atoms with van der Waals surface area (Å²) in [5, 5.41) is 11.6. The van der Waals surface area contributed by atoms with E-state index in [1.165, 1.54) is 5.69 Å². The van der Waals surface area contributed by atoms with Crippen LogP contribution in [0.4, 0.5) is 5.69 Å². The van der Waals surface area contributed by atoms with Crippen molar-refractivity contribution >= 4 is 16.6 Å². The first-order valence-corrected chi connectivity index (χ1v) is 5.61. The zero-order valence-electron chi connectivity index (χ0n) is 9.64.